The second-order valence-electron chi connectivity index (χ2n) is 8.84. The van der Waals surface area contributed by atoms with Crippen molar-refractivity contribution in [2.75, 3.05) is 6.54 Å². The van der Waals surface area contributed by atoms with Gasteiger partial charge in [0.25, 0.3) is 0 Å². The van der Waals surface area contributed by atoms with E-state index in [-0.39, 0.29) is 17.1 Å². The first-order valence-corrected chi connectivity index (χ1v) is 9.45. The van der Waals surface area contributed by atoms with Gasteiger partial charge in [-0.05, 0) is 36.4 Å². The molecule has 4 heteroatoms. The van der Waals surface area contributed by atoms with Crippen LogP contribution in [0.3, 0.4) is 0 Å². The molecule has 2 aliphatic heterocycles. The highest BCUT2D eigenvalue weighted by Gasteiger charge is 2.35. The van der Waals surface area contributed by atoms with Gasteiger partial charge in [-0.25, -0.2) is 0 Å². The standard InChI is InChI=1S/C22H27BNO2/c1-21(2,3)22(4,5)26-23-14-9-10-15-16-7-6-8-17-20(16)18(11-12-24-17)25-19(15)13-14/h6-10,13,17,24H,11-12H2,1-5H3. The fraction of sp³-hybridized carbons (Fsp3) is 0.455. The molecule has 1 aromatic rings. The van der Waals surface area contributed by atoms with Gasteiger partial charge < -0.3 is 14.7 Å². The molecule has 1 N–H and O–H groups in total. The molecule has 2 heterocycles. The number of hydrogen-bond acceptors (Lipinski definition) is 3. The van der Waals surface area contributed by atoms with Crippen LogP contribution in [0, 0.1) is 5.41 Å². The van der Waals surface area contributed by atoms with Crippen LogP contribution in [0.4, 0.5) is 0 Å². The van der Waals surface area contributed by atoms with Gasteiger partial charge in [-0.15, -0.1) is 0 Å². The third-order valence-corrected chi connectivity index (χ3v) is 6.01. The second kappa shape index (κ2) is 6.14. The SMILES string of the molecule is CC(C)(C)C(C)(C)O[B]c1ccc2c(c1)OC1=C3C2=CC=CC3NCC1. The Morgan fingerprint density at radius 3 is 2.77 bits per heavy atom. The predicted molar refractivity (Wildman–Crippen MR) is 108 cm³/mol. The largest absolute Gasteiger partial charge is 0.461 e. The summed E-state index contributed by atoms with van der Waals surface area (Å²) in [5, 5.41) is 3.55. The van der Waals surface area contributed by atoms with E-state index in [4.69, 9.17) is 9.39 Å². The highest BCUT2D eigenvalue weighted by molar-refractivity contribution is 6.47. The van der Waals surface area contributed by atoms with E-state index in [0.717, 1.165) is 35.5 Å². The summed E-state index contributed by atoms with van der Waals surface area (Å²) in [6.07, 6.45) is 7.47. The van der Waals surface area contributed by atoms with Crippen molar-refractivity contribution in [1.29, 1.82) is 0 Å². The van der Waals surface area contributed by atoms with E-state index in [0.29, 0.717) is 0 Å². The number of rotatable bonds is 3. The van der Waals surface area contributed by atoms with Gasteiger partial charge in [-0.3, -0.25) is 0 Å². The Bertz CT molecular complexity index is 827. The van der Waals surface area contributed by atoms with Crippen LogP contribution in [0.2, 0.25) is 0 Å². The minimum absolute atomic E-state index is 0.0529. The molecule has 135 valence electrons. The molecule has 0 spiro atoms. The molecular weight excluding hydrogens is 321 g/mol. The summed E-state index contributed by atoms with van der Waals surface area (Å²) in [5.74, 6) is 2.03. The van der Waals surface area contributed by atoms with Crippen LogP contribution in [0.1, 0.15) is 46.6 Å². The molecule has 1 radical (unpaired) electrons. The summed E-state index contributed by atoms with van der Waals surface area (Å²) in [6.45, 7) is 11.8. The minimum Gasteiger partial charge on any atom is -0.461 e. The molecule has 0 fully saturated rings. The normalized spacial score (nSPS) is 21.6. The van der Waals surface area contributed by atoms with Crippen LogP contribution in [0.25, 0.3) is 5.57 Å². The molecule has 3 aliphatic rings. The monoisotopic (exact) mass is 348 g/mol. The lowest BCUT2D eigenvalue weighted by molar-refractivity contribution is 0.00503. The van der Waals surface area contributed by atoms with Crippen LogP contribution in [0.15, 0.2) is 47.8 Å². The summed E-state index contributed by atoms with van der Waals surface area (Å²) in [7, 11) is 1.86. The van der Waals surface area contributed by atoms with Crippen molar-refractivity contribution in [2.24, 2.45) is 5.41 Å². The summed E-state index contributed by atoms with van der Waals surface area (Å²) < 4.78 is 12.4. The Morgan fingerprint density at radius 2 is 2.00 bits per heavy atom. The fourth-order valence-electron chi connectivity index (χ4n) is 3.37. The minimum atomic E-state index is -0.252. The Hall–Kier alpha value is -1.78. The number of hydrogen-bond donors (Lipinski definition) is 1. The molecule has 1 atom stereocenters. The molecule has 0 saturated heterocycles. The van der Waals surface area contributed by atoms with E-state index in [9.17, 15) is 0 Å². The van der Waals surface area contributed by atoms with E-state index < -0.39 is 0 Å². The Kier molecular flexibility index (Phi) is 4.16. The first-order chi connectivity index (χ1) is 12.3. The lowest BCUT2D eigenvalue weighted by Gasteiger charge is -2.39. The number of fused-ring (bicyclic) bond motifs is 2. The second-order valence-corrected chi connectivity index (χ2v) is 8.84. The van der Waals surface area contributed by atoms with Gasteiger partial charge in [0.05, 0.1) is 11.6 Å². The number of ether oxygens (including phenoxy) is 1. The third-order valence-electron chi connectivity index (χ3n) is 6.01. The highest BCUT2D eigenvalue weighted by Crippen LogP contribution is 2.43. The molecule has 1 aliphatic carbocycles. The van der Waals surface area contributed by atoms with Crippen LogP contribution in [-0.2, 0) is 4.65 Å². The molecule has 0 amide bonds. The van der Waals surface area contributed by atoms with Gasteiger partial charge in [0.2, 0.25) is 0 Å². The molecule has 4 rings (SSSR count). The maximum absolute atomic E-state index is 6.30. The highest BCUT2D eigenvalue weighted by atomic mass is 16.5. The van der Waals surface area contributed by atoms with Crippen molar-refractivity contribution < 1.29 is 9.39 Å². The van der Waals surface area contributed by atoms with Crippen LogP contribution in [0.5, 0.6) is 5.75 Å². The lowest BCUT2D eigenvalue weighted by Crippen LogP contribution is -2.42. The topological polar surface area (TPSA) is 30.5 Å². The average molecular weight is 348 g/mol. The van der Waals surface area contributed by atoms with Crippen molar-refractivity contribution in [1.82, 2.24) is 5.32 Å². The summed E-state index contributed by atoms with van der Waals surface area (Å²) >= 11 is 0. The van der Waals surface area contributed by atoms with Crippen LogP contribution < -0.4 is 15.5 Å². The quantitative estimate of drug-likeness (QED) is 0.845. The summed E-state index contributed by atoms with van der Waals surface area (Å²) in [4.78, 5) is 0. The van der Waals surface area contributed by atoms with Crippen molar-refractivity contribution in [3.63, 3.8) is 0 Å². The molecule has 0 bridgehead atoms. The van der Waals surface area contributed by atoms with Crippen molar-refractivity contribution in [3.8, 4) is 5.75 Å². The zero-order valence-electron chi connectivity index (χ0n) is 16.3. The zero-order chi connectivity index (χ0) is 18.5. The van der Waals surface area contributed by atoms with Crippen LogP contribution >= 0.6 is 0 Å². The van der Waals surface area contributed by atoms with E-state index in [1.807, 2.05) is 7.48 Å². The maximum atomic E-state index is 6.30. The van der Waals surface area contributed by atoms with Gasteiger partial charge >= 0.3 is 7.48 Å². The molecule has 1 unspecified atom stereocenters. The Morgan fingerprint density at radius 1 is 1.19 bits per heavy atom. The van der Waals surface area contributed by atoms with E-state index in [1.54, 1.807) is 0 Å². The molecule has 3 nitrogen and oxygen atoms in total. The molecule has 0 aromatic heterocycles. The number of nitrogens with one attached hydrogen (secondary N) is 1. The summed E-state index contributed by atoms with van der Waals surface area (Å²) in [5.41, 5.74) is 4.57. The van der Waals surface area contributed by atoms with Gasteiger partial charge in [-0.1, -0.05) is 51.1 Å². The lowest BCUT2D eigenvalue weighted by atomic mass is 9.76. The van der Waals surface area contributed by atoms with Crippen molar-refractivity contribution in [3.05, 3.63) is 53.3 Å². The van der Waals surface area contributed by atoms with Gasteiger partial charge in [-0.2, -0.15) is 0 Å². The third kappa shape index (κ3) is 2.95. The van der Waals surface area contributed by atoms with Gasteiger partial charge in [0.15, 0.2) is 0 Å². The van der Waals surface area contributed by atoms with Crippen molar-refractivity contribution in [2.45, 2.75) is 52.7 Å². The maximum Gasteiger partial charge on any atom is 0.330 e. The van der Waals surface area contributed by atoms with E-state index in [2.05, 4.69) is 76.4 Å². The Labute approximate surface area is 157 Å². The Balaban J connectivity index is 1.61. The zero-order valence-corrected chi connectivity index (χ0v) is 16.3. The number of benzene rings is 1. The molecule has 26 heavy (non-hydrogen) atoms. The van der Waals surface area contributed by atoms with Crippen molar-refractivity contribution >= 4 is 18.5 Å². The molecule has 1 aromatic carbocycles. The number of allylic oxidation sites excluding steroid dienone is 2. The first-order valence-electron chi connectivity index (χ1n) is 9.45. The van der Waals surface area contributed by atoms with Gasteiger partial charge in [0.1, 0.15) is 11.5 Å². The summed E-state index contributed by atoms with van der Waals surface area (Å²) in [6, 6.07) is 6.62. The smallest absolute Gasteiger partial charge is 0.330 e. The van der Waals surface area contributed by atoms with E-state index >= 15 is 0 Å². The van der Waals surface area contributed by atoms with E-state index in [1.165, 1.54) is 11.1 Å². The average Bonchev–Trinajstić information content (AvgIpc) is 2.59. The van der Waals surface area contributed by atoms with Crippen LogP contribution in [-0.4, -0.2) is 25.7 Å². The molecule has 0 saturated carbocycles. The van der Waals surface area contributed by atoms with Gasteiger partial charge in [0, 0.05) is 24.1 Å². The predicted octanol–water partition coefficient (Wildman–Crippen LogP) is 3.73. The fourth-order valence-corrected chi connectivity index (χ4v) is 3.37. The first kappa shape index (κ1) is 17.6. The molecular formula is C22H27BNO2.